The first kappa shape index (κ1) is 14.3. The molecule has 2 unspecified atom stereocenters. The van der Waals surface area contributed by atoms with E-state index in [1.54, 1.807) is 19.2 Å². The maximum absolute atomic E-state index is 12.1. The van der Waals surface area contributed by atoms with Crippen molar-refractivity contribution in [1.82, 2.24) is 5.32 Å². The lowest BCUT2D eigenvalue weighted by molar-refractivity contribution is -0.118. The molecule has 0 fully saturated rings. The number of benzene rings is 1. The summed E-state index contributed by atoms with van der Waals surface area (Å²) in [4.78, 5) is 23.8. The van der Waals surface area contributed by atoms with Crippen LogP contribution in [-0.4, -0.2) is 24.9 Å². The van der Waals surface area contributed by atoms with E-state index in [1.807, 2.05) is 25.1 Å². The minimum absolute atomic E-state index is 0.0518. The molecule has 0 saturated carbocycles. The molecule has 1 aliphatic carbocycles. The molecule has 0 spiro atoms. The zero-order chi connectivity index (χ0) is 14.7. The van der Waals surface area contributed by atoms with Crippen molar-refractivity contribution < 1.29 is 9.59 Å². The van der Waals surface area contributed by atoms with Crippen LogP contribution in [0.5, 0.6) is 0 Å². The number of nitrogens with two attached hydrogens (primary N) is 1. The number of hydrogen-bond acceptors (Lipinski definition) is 3. The van der Waals surface area contributed by atoms with Gasteiger partial charge in [-0.05, 0) is 31.0 Å². The Labute approximate surface area is 118 Å². The monoisotopic (exact) mass is 273 g/mol. The number of rotatable bonds is 3. The van der Waals surface area contributed by atoms with E-state index in [1.165, 1.54) is 0 Å². The van der Waals surface area contributed by atoms with Gasteiger partial charge < -0.3 is 16.4 Å². The molecule has 5 heteroatoms. The minimum atomic E-state index is -0.201. The van der Waals surface area contributed by atoms with Crippen LogP contribution in [0.4, 0.5) is 5.69 Å². The van der Waals surface area contributed by atoms with Crippen LogP contribution in [0.2, 0.25) is 0 Å². The quantitative estimate of drug-likeness (QED) is 0.723. The van der Waals surface area contributed by atoms with E-state index in [0.29, 0.717) is 17.7 Å². The second kappa shape index (κ2) is 5.88. The van der Waals surface area contributed by atoms with Crippen molar-refractivity contribution in [1.29, 1.82) is 0 Å². The lowest BCUT2D eigenvalue weighted by atomic mass is 10.1. The highest BCUT2D eigenvalue weighted by molar-refractivity contribution is 5.98. The van der Waals surface area contributed by atoms with Crippen LogP contribution < -0.4 is 16.4 Å². The van der Waals surface area contributed by atoms with Crippen LogP contribution in [-0.2, 0) is 4.79 Å². The summed E-state index contributed by atoms with van der Waals surface area (Å²) >= 11 is 0. The fourth-order valence-corrected chi connectivity index (χ4v) is 2.19. The summed E-state index contributed by atoms with van der Waals surface area (Å²) in [7, 11) is 1.57. The molecule has 0 radical (unpaired) electrons. The Morgan fingerprint density at radius 3 is 2.65 bits per heavy atom. The fourth-order valence-electron chi connectivity index (χ4n) is 2.19. The zero-order valence-corrected chi connectivity index (χ0v) is 11.6. The maximum atomic E-state index is 12.1. The molecular weight excluding hydrogens is 254 g/mol. The lowest BCUT2D eigenvalue weighted by Gasteiger charge is -2.13. The normalized spacial score (nSPS) is 20.8. The van der Waals surface area contributed by atoms with Crippen molar-refractivity contribution in [2.75, 3.05) is 12.4 Å². The van der Waals surface area contributed by atoms with E-state index in [-0.39, 0.29) is 23.8 Å². The van der Waals surface area contributed by atoms with Gasteiger partial charge in [-0.25, -0.2) is 0 Å². The number of amides is 2. The highest BCUT2D eigenvalue weighted by Crippen LogP contribution is 2.21. The molecule has 1 aromatic carbocycles. The van der Waals surface area contributed by atoms with Gasteiger partial charge in [-0.15, -0.1) is 0 Å². The van der Waals surface area contributed by atoms with Gasteiger partial charge in [0.25, 0.3) is 5.91 Å². The summed E-state index contributed by atoms with van der Waals surface area (Å²) < 4.78 is 0. The summed E-state index contributed by atoms with van der Waals surface area (Å²) in [6.45, 7) is 1.89. The van der Waals surface area contributed by atoms with Crippen molar-refractivity contribution in [3.05, 3.63) is 41.5 Å². The van der Waals surface area contributed by atoms with E-state index in [4.69, 9.17) is 5.73 Å². The van der Waals surface area contributed by atoms with Crippen molar-refractivity contribution in [2.24, 2.45) is 11.7 Å². The molecule has 0 saturated heterocycles. The summed E-state index contributed by atoms with van der Waals surface area (Å²) in [5.74, 6) is -0.470. The van der Waals surface area contributed by atoms with Crippen LogP contribution in [0.1, 0.15) is 22.3 Å². The fraction of sp³-hybridized carbons (Fsp3) is 0.333. The average molecular weight is 273 g/mol. The summed E-state index contributed by atoms with van der Waals surface area (Å²) in [5, 5.41) is 5.43. The molecule has 0 bridgehead atoms. The van der Waals surface area contributed by atoms with E-state index < -0.39 is 0 Å². The number of nitrogens with one attached hydrogen (secondary N) is 2. The van der Waals surface area contributed by atoms with Gasteiger partial charge in [0, 0.05) is 24.3 Å². The predicted octanol–water partition coefficient (Wildman–Crippen LogP) is 1.20. The highest BCUT2D eigenvalue weighted by Gasteiger charge is 2.23. The summed E-state index contributed by atoms with van der Waals surface area (Å²) in [5.41, 5.74) is 7.84. The van der Waals surface area contributed by atoms with Gasteiger partial charge in [0.2, 0.25) is 5.91 Å². The van der Waals surface area contributed by atoms with E-state index >= 15 is 0 Å². The SMILES string of the molecule is CNC(=O)c1ccc(C)c(NC(=O)C2C=CC(N)C2)c1. The Morgan fingerprint density at radius 2 is 2.05 bits per heavy atom. The van der Waals surface area contributed by atoms with Gasteiger partial charge in [-0.2, -0.15) is 0 Å². The standard InChI is InChI=1S/C15H19N3O2/c1-9-3-4-11(14(19)17-2)8-13(9)18-15(20)10-5-6-12(16)7-10/h3-6,8,10,12H,7,16H2,1-2H3,(H,17,19)(H,18,20). The second-order valence-corrected chi connectivity index (χ2v) is 4.99. The Kier molecular flexibility index (Phi) is 4.20. The van der Waals surface area contributed by atoms with Gasteiger partial charge in [-0.1, -0.05) is 18.2 Å². The van der Waals surface area contributed by atoms with Gasteiger partial charge in [0.05, 0.1) is 5.92 Å². The molecular formula is C15H19N3O2. The summed E-state index contributed by atoms with van der Waals surface area (Å²) in [6, 6.07) is 5.18. The summed E-state index contributed by atoms with van der Waals surface area (Å²) in [6.07, 6.45) is 4.30. The first-order valence-electron chi connectivity index (χ1n) is 6.58. The first-order valence-corrected chi connectivity index (χ1v) is 6.58. The van der Waals surface area contributed by atoms with Crippen molar-refractivity contribution in [3.8, 4) is 0 Å². The zero-order valence-electron chi connectivity index (χ0n) is 11.6. The molecule has 106 valence electrons. The van der Waals surface area contributed by atoms with Crippen molar-refractivity contribution in [3.63, 3.8) is 0 Å². The van der Waals surface area contributed by atoms with Crippen LogP contribution in [0.25, 0.3) is 0 Å². The van der Waals surface area contributed by atoms with Gasteiger partial charge in [0.1, 0.15) is 0 Å². The number of carbonyl (C=O) groups excluding carboxylic acids is 2. The third kappa shape index (κ3) is 3.05. The van der Waals surface area contributed by atoms with E-state index in [9.17, 15) is 9.59 Å². The number of aryl methyl sites for hydroxylation is 1. The lowest BCUT2D eigenvalue weighted by Crippen LogP contribution is -2.24. The molecule has 1 aliphatic rings. The third-order valence-electron chi connectivity index (χ3n) is 3.44. The Morgan fingerprint density at radius 1 is 1.30 bits per heavy atom. The highest BCUT2D eigenvalue weighted by atomic mass is 16.2. The first-order chi connectivity index (χ1) is 9.51. The molecule has 0 heterocycles. The number of hydrogen-bond donors (Lipinski definition) is 3. The van der Waals surface area contributed by atoms with Gasteiger partial charge in [0.15, 0.2) is 0 Å². The molecule has 5 nitrogen and oxygen atoms in total. The van der Waals surface area contributed by atoms with Crippen LogP contribution in [0.3, 0.4) is 0 Å². The molecule has 0 aromatic heterocycles. The number of carbonyl (C=O) groups is 2. The van der Waals surface area contributed by atoms with Gasteiger partial charge in [-0.3, -0.25) is 9.59 Å². The second-order valence-electron chi connectivity index (χ2n) is 4.99. The van der Waals surface area contributed by atoms with Crippen LogP contribution in [0, 0.1) is 12.8 Å². The largest absolute Gasteiger partial charge is 0.355 e. The molecule has 2 rings (SSSR count). The third-order valence-corrected chi connectivity index (χ3v) is 3.44. The number of anilines is 1. The van der Waals surface area contributed by atoms with Crippen molar-refractivity contribution >= 4 is 17.5 Å². The molecule has 2 amide bonds. The van der Waals surface area contributed by atoms with Crippen LogP contribution >= 0.6 is 0 Å². The van der Waals surface area contributed by atoms with Crippen LogP contribution in [0.15, 0.2) is 30.4 Å². The molecule has 1 aromatic rings. The maximum Gasteiger partial charge on any atom is 0.251 e. The Bertz CT molecular complexity index is 566. The Hall–Kier alpha value is -2.14. The minimum Gasteiger partial charge on any atom is -0.355 e. The molecule has 4 N–H and O–H groups in total. The van der Waals surface area contributed by atoms with E-state index in [2.05, 4.69) is 10.6 Å². The van der Waals surface area contributed by atoms with Gasteiger partial charge >= 0.3 is 0 Å². The average Bonchev–Trinajstić information content (AvgIpc) is 2.87. The topological polar surface area (TPSA) is 84.2 Å². The molecule has 2 atom stereocenters. The van der Waals surface area contributed by atoms with Crippen molar-refractivity contribution in [2.45, 2.75) is 19.4 Å². The molecule has 0 aliphatic heterocycles. The van der Waals surface area contributed by atoms with E-state index in [0.717, 1.165) is 5.56 Å². The Balaban J connectivity index is 2.14. The molecule has 20 heavy (non-hydrogen) atoms. The predicted molar refractivity (Wildman–Crippen MR) is 78.4 cm³/mol. The smallest absolute Gasteiger partial charge is 0.251 e.